The van der Waals surface area contributed by atoms with Crippen LogP contribution in [0.25, 0.3) is 0 Å². The number of piperidine rings is 1. The van der Waals surface area contributed by atoms with E-state index in [1.807, 2.05) is 49.1 Å². The van der Waals surface area contributed by atoms with Crippen molar-refractivity contribution in [3.8, 4) is 0 Å². The molecule has 0 radical (unpaired) electrons. The molecule has 5 N–H and O–H groups in total. The number of halogens is 2. The third kappa shape index (κ3) is 8.72. The number of hydrogen-bond donors (Lipinski definition) is 4. The molecule has 1 heterocycles. The van der Waals surface area contributed by atoms with E-state index in [9.17, 15) is 4.79 Å². The van der Waals surface area contributed by atoms with Crippen LogP contribution in [0, 0.1) is 5.41 Å². The zero-order valence-electron chi connectivity index (χ0n) is 19.3. The van der Waals surface area contributed by atoms with Crippen LogP contribution in [0.2, 0.25) is 0 Å². The summed E-state index contributed by atoms with van der Waals surface area (Å²) in [5, 5.41) is 14.1. The van der Waals surface area contributed by atoms with Crippen LogP contribution in [0.5, 0.6) is 0 Å². The van der Waals surface area contributed by atoms with E-state index >= 15 is 0 Å². The monoisotopic (exact) mass is 491 g/mol. The molecule has 2 aromatic carbocycles. The zero-order valence-corrected chi connectivity index (χ0v) is 20.9. The lowest BCUT2D eigenvalue weighted by atomic mass is 9.90. The molecule has 1 amide bonds. The van der Waals surface area contributed by atoms with Gasteiger partial charge in [-0.25, -0.2) is 0 Å². The topological polar surface area (TPSA) is 94.2 Å². The Morgan fingerprint density at radius 2 is 1.82 bits per heavy atom. The fraction of sp³-hybridized carbons (Fsp3) is 0.360. The molecular formula is C25H35Cl2N5O. The molecule has 180 valence electrons. The van der Waals surface area contributed by atoms with Crippen LogP contribution in [0.15, 0.2) is 60.2 Å². The van der Waals surface area contributed by atoms with Gasteiger partial charge in [0, 0.05) is 23.5 Å². The second-order valence-corrected chi connectivity index (χ2v) is 8.32. The van der Waals surface area contributed by atoms with Gasteiger partial charge < -0.3 is 21.3 Å². The highest BCUT2D eigenvalue weighted by molar-refractivity contribution is 5.97. The number of rotatable bonds is 8. The maximum Gasteiger partial charge on any atom is 0.243 e. The molecule has 1 aliphatic rings. The van der Waals surface area contributed by atoms with Gasteiger partial charge in [0.1, 0.15) is 5.84 Å². The van der Waals surface area contributed by atoms with Crippen LogP contribution in [0.4, 0.5) is 11.4 Å². The number of nitrogens with zero attached hydrogens (tertiary/aromatic N) is 1. The van der Waals surface area contributed by atoms with Gasteiger partial charge >= 0.3 is 0 Å². The maximum atomic E-state index is 12.8. The normalized spacial score (nSPS) is 13.2. The maximum absolute atomic E-state index is 12.8. The molecule has 0 bridgehead atoms. The number of carbonyl (C=O) groups is 1. The van der Waals surface area contributed by atoms with E-state index in [2.05, 4.69) is 28.8 Å². The van der Waals surface area contributed by atoms with Gasteiger partial charge in [-0.15, -0.1) is 24.8 Å². The number of amides is 1. The Balaban J connectivity index is 0.00000272. The Morgan fingerprint density at radius 1 is 1.15 bits per heavy atom. The van der Waals surface area contributed by atoms with Crippen molar-refractivity contribution in [1.82, 2.24) is 5.32 Å². The van der Waals surface area contributed by atoms with Crippen molar-refractivity contribution < 1.29 is 4.79 Å². The SMILES string of the molecule is CC(C)=CCN(CC(=O)Nc1ccc(C2CCNCC2)cc1)c1cccc(C(=N)N)c1.Cl.Cl. The second kappa shape index (κ2) is 13.9. The molecule has 1 aliphatic heterocycles. The van der Waals surface area contributed by atoms with Gasteiger partial charge in [0.2, 0.25) is 5.91 Å². The number of benzene rings is 2. The lowest BCUT2D eigenvalue weighted by Gasteiger charge is -2.24. The highest BCUT2D eigenvalue weighted by atomic mass is 35.5. The van der Waals surface area contributed by atoms with Gasteiger partial charge in [-0.3, -0.25) is 10.2 Å². The summed E-state index contributed by atoms with van der Waals surface area (Å²) in [6.45, 7) is 7.01. The number of amidine groups is 1. The molecule has 3 rings (SSSR count). The summed E-state index contributed by atoms with van der Waals surface area (Å²) in [6.07, 6.45) is 4.40. The van der Waals surface area contributed by atoms with Crippen LogP contribution in [-0.4, -0.2) is 37.9 Å². The van der Waals surface area contributed by atoms with E-state index < -0.39 is 0 Å². The third-order valence-corrected chi connectivity index (χ3v) is 5.58. The van der Waals surface area contributed by atoms with Gasteiger partial charge in [0.15, 0.2) is 0 Å². The van der Waals surface area contributed by atoms with Crippen molar-refractivity contribution in [2.75, 3.05) is 36.4 Å². The molecule has 2 aromatic rings. The van der Waals surface area contributed by atoms with Gasteiger partial charge in [0.25, 0.3) is 0 Å². The first kappa shape index (κ1) is 28.5. The molecule has 6 nitrogen and oxygen atoms in total. The lowest BCUT2D eigenvalue weighted by Crippen LogP contribution is -2.33. The molecule has 1 fully saturated rings. The molecule has 0 spiro atoms. The fourth-order valence-electron chi connectivity index (χ4n) is 3.79. The summed E-state index contributed by atoms with van der Waals surface area (Å²) in [4.78, 5) is 14.8. The lowest BCUT2D eigenvalue weighted by molar-refractivity contribution is -0.115. The smallest absolute Gasteiger partial charge is 0.243 e. The van der Waals surface area contributed by atoms with Gasteiger partial charge in [-0.2, -0.15) is 0 Å². The number of hydrogen-bond acceptors (Lipinski definition) is 4. The Morgan fingerprint density at radius 3 is 2.42 bits per heavy atom. The average Bonchev–Trinajstić information content (AvgIpc) is 2.77. The predicted octanol–water partition coefficient (Wildman–Crippen LogP) is 4.69. The minimum atomic E-state index is -0.0787. The van der Waals surface area contributed by atoms with Crippen molar-refractivity contribution in [1.29, 1.82) is 5.41 Å². The van der Waals surface area contributed by atoms with Crippen LogP contribution in [0.3, 0.4) is 0 Å². The minimum Gasteiger partial charge on any atom is -0.384 e. The number of allylic oxidation sites excluding steroid dienone is 1. The van der Waals surface area contributed by atoms with Crippen molar-refractivity contribution in [3.63, 3.8) is 0 Å². The summed E-state index contributed by atoms with van der Waals surface area (Å²) >= 11 is 0. The van der Waals surface area contributed by atoms with E-state index in [-0.39, 0.29) is 43.1 Å². The summed E-state index contributed by atoms with van der Waals surface area (Å²) in [5.74, 6) is 0.534. The van der Waals surface area contributed by atoms with Gasteiger partial charge in [0.05, 0.1) is 6.54 Å². The molecule has 0 aromatic heterocycles. The molecule has 1 saturated heterocycles. The van der Waals surface area contributed by atoms with Crippen LogP contribution in [-0.2, 0) is 4.79 Å². The zero-order chi connectivity index (χ0) is 22.2. The largest absolute Gasteiger partial charge is 0.384 e. The van der Waals surface area contributed by atoms with Crippen LogP contribution in [0.1, 0.15) is 43.7 Å². The third-order valence-electron chi connectivity index (χ3n) is 5.58. The van der Waals surface area contributed by atoms with Crippen molar-refractivity contribution in [3.05, 3.63) is 71.3 Å². The van der Waals surface area contributed by atoms with Crippen LogP contribution >= 0.6 is 24.8 Å². The first-order valence-corrected chi connectivity index (χ1v) is 10.9. The Hall–Kier alpha value is -2.54. The first-order chi connectivity index (χ1) is 14.9. The summed E-state index contributed by atoms with van der Waals surface area (Å²) < 4.78 is 0. The van der Waals surface area contributed by atoms with E-state index in [0.717, 1.165) is 37.3 Å². The van der Waals surface area contributed by atoms with Crippen LogP contribution < -0.4 is 21.3 Å². The number of anilines is 2. The number of nitrogens with one attached hydrogen (secondary N) is 3. The Labute approximate surface area is 209 Å². The predicted molar refractivity (Wildman–Crippen MR) is 144 cm³/mol. The Kier molecular flexibility index (Phi) is 12.0. The van der Waals surface area contributed by atoms with E-state index in [1.54, 1.807) is 6.07 Å². The molecular weight excluding hydrogens is 457 g/mol. The molecule has 33 heavy (non-hydrogen) atoms. The highest BCUT2D eigenvalue weighted by Gasteiger charge is 2.16. The van der Waals surface area contributed by atoms with E-state index in [1.165, 1.54) is 11.1 Å². The molecule has 0 unspecified atom stereocenters. The molecule has 0 aliphatic carbocycles. The average molecular weight is 492 g/mol. The number of nitrogens with two attached hydrogens (primary N) is 1. The van der Waals surface area contributed by atoms with Gasteiger partial charge in [-0.1, -0.05) is 35.9 Å². The molecule has 8 heteroatoms. The standard InChI is InChI=1S/C25H33N5O.2ClH/c1-18(2)12-15-30(23-5-3-4-21(16-23)25(26)27)17-24(31)29-22-8-6-19(7-9-22)20-10-13-28-14-11-20;;/h3-9,12,16,20,28H,10-11,13-15,17H2,1-2H3,(H3,26,27)(H,29,31);2*1H. The molecule has 0 saturated carbocycles. The highest BCUT2D eigenvalue weighted by Crippen LogP contribution is 2.26. The quantitative estimate of drug-likeness (QED) is 0.244. The van der Waals surface area contributed by atoms with E-state index in [4.69, 9.17) is 11.1 Å². The number of nitrogen functional groups attached to an aromatic ring is 1. The minimum absolute atomic E-state index is 0. The summed E-state index contributed by atoms with van der Waals surface area (Å²) in [5.41, 5.74) is 10.5. The van der Waals surface area contributed by atoms with Crippen molar-refractivity contribution in [2.45, 2.75) is 32.6 Å². The van der Waals surface area contributed by atoms with Crippen molar-refractivity contribution in [2.24, 2.45) is 5.73 Å². The Bertz CT molecular complexity index is 936. The summed E-state index contributed by atoms with van der Waals surface area (Å²) in [7, 11) is 0. The van der Waals surface area contributed by atoms with E-state index in [0.29, 0.717) is 18.0 Å². The fourth-order valence-corrected chi connectivity index (χ4v) is 3.79. The summed E-state index contributed by atoms with van der Waals surface area (Å²) in [6, 6.07) is 15.7. The van der Waals surface area contributed by atoms with Crippen molar-refractivity contribution >= 4 is 47.9 Å². The molecule has 0 atom stereocenters. The second-order valence-electron chi connectivity index (χ2n) is 8.32. The number of carbonyl (C=O) groups excluding carboxylic acids is 1. The van der Waals surface area contributed by atoms with Gasteiger partial charge in [-0.05, 0) is 75.5 Å². The first-order valence-electron chi connectivity index (χ1n) is 10.9.